The lowest BCUT2D eigenvalue weighted by atomic mass is 9.75. The number of hydrogen-bond donors (Lipinski definition) is 2. The smallest absolute Gasteiger partial charge is 0.417 e. The van der Waals surface area contributed by atoms with E-state index < -0.39 is 23.4 Å². The highest BCUT2D eigenvalue weighted by Gasteiger charge is 2.47. The predicted molar refractivity (Wildman–Crippen MR) is 167 cm³/mol. The maximum Gasteiger partial charge on any atom is 0.417 e. The number of alkyl halides is 3. The number of halogens is 3. The van der Waals surface area contributed by atoms with Crippen LogP contribution in [0.2, 0.25) is 0 Å². The second-order valence-electron chi connectivity index (χ2n) is 12.0. The van der Waals surface area contributed by atoms with Crippen molar-refractivity contribution in [2.75, 3.05) is 69.8 Å². The lowest BCUT2D eigenvalue weighted by Gasteiger charge is -2.45. The van der Waals surface area contributed by atoms with Crippen LogP contribution in [0.5, 0.6) is 0 Å². The highest BCUT2D eigenvalue weighted by Crippen LogP contribution is 2.38. The fourth-order valence-electron chi connectivity index (χ4n) is 6.22. The van der Waals surface area contributed by atoms with Gasteiger partial charge in [-0.05, 0) is 43.0 Å². The fourth-order valence-corrected chi connectivity index (χ4v) is 6.22. The number of methoxy groups -OCH3 is 1. The number of amides is 3. The molecular weight excluding hydrogens is 635 g/mol. The Morgan fingerprint density at radius 3 is 2.46 bits per heavy atom. The van der Waals surface area contributed by atoms with E-state index in [1.165, 1.54) is 10.6 Å². The number of morpholine rings is 1. The van der Waals surface area contributed by atoms with Crippen molar-refractivity contribution in [1.82, 2.24) is 34.7 Å². The van der Waals surface area contributed by atoms with E-state index in [0.29, 0.717) is 83.2 Å². The minimum absolute atomic E-state index is 0.0713. The Morgan fingerprint density at radius 1 is 1.10 bits per heavy atom. The van der Waals surface area contributed by atoms with E-state index in [0.717, 1.165) is 31.4 Å². The Labute approximate surface area is 273 Å². The van der Waals surface area contributed by atoms with Crippen LogP contribution < -0.4 is 15.5 Å². The second kappa shape index (κ2) is 13.4. The summed E-state index contributed by atoms with van der Waals surface area (Å²) in [7, 11) is 1.09. The molecule has 3 aliphatic rings. The molecule has 6 rings (SSSR count). The zero-order chi connectivity index (χ0) is 34.1. The van der Waals surface area contributed by atoms with E-state index in [9.17, 15) is 27.6 Å². The lowest BCUT2D eigenvalue weighted by molar-refractivity contribution is -0.146. The first-order chi connectivity index (χ1) is 23.0. The topological polar surface area (TPSA) is 147 Å². The van der Waals surface area contributed by atoms with Crippen LogP contribution in [0.4, 0.5) is 29.6 Å². The molecule has 3 aromatic heterocycles. The first kappa shape index (κ1) is 33.1. The molecule has 1 aliphatic carbocycles. The Kier molecular flexibility index (Phi) is 9.24. The molecule has 3 amide bonds. The second-order valence-corrected chi connectivity index (χ2v) is 12.0. The molecule has 0 aromatic carbocycles. The van der Waals surface area contributed by atoms with E-state index >= 15 is 0 Å². The standard InChI is InChI=1S/C31H36F3N9O5/c1-3-25(44)38-30(5-4-6-30)28(45)42-9-7-40(8-10-42)18-20-15-23-27(41-11-13-48-14-12-41)37-26(39-43(23)19-20)21-17-35-24(36-29(46)47-2)16-22(21)31(32,33)34/h3,15-17,19H,1,4-14,18H2,2H3,(H,38,44)(H,35,36,46). The number of piperazine rings is 1. The molecule has 3 fully saturated rings. The average molecular weight is 672 g/mol. The summed E-state index contributed by atoms with van der Waals surface area (Å²) in [4.78, 5) is 51.5. The van der Waals surface area contributed by atoms with Crippen LogP contribution in [0.25, 0.3) is 16.9 Å². The van der Waals surface area contributed by atoms with Crippen LogP contribution in [0, 0.1) is 0 Å². The number of nitrogens with one attached hydrogen (secondary N) is 2. The van der Waals surface area contributed by atoms with Crippen molar-refractivity contribution in [2.45, 2.75) is 37.5 Å². The van der Waals surface area contributed by atoms with Crippen molar-refractivity contribution in [1.29, 1.82) is 0 Å². The van der Waals surface area contributed by atoms with Crippen molar-refractivity contribution < 1.29 is 37.0 Å². The Hall–Kier alpha value is -4.77. The van der Waals surface area contributed by atoms with Crippen molar-refractivity contribution >= 4 is 35.1 Å². The third kappa shape index (κ3) is 6.78. The highest BCUT2D eigenvalue weighted by molar-refractivity contribution is 5.96. The van der Waals surface area contributed by atoms with Gasteiger partial charge in [0.05, 0.1) is 31.5 Å². The van der Waals surface area contributed by atoms with Crippen molar-refractivity contribution in [2.24, 2.45) is 0 Å². The molecule has 0 bridgehead atoms. The van der Waals surface area contributed by atoms with Gasteiger partial charge in [0.25, 0.3) is 0 Å². The largest absolute Gasteiger partial charge is 0.453 e. The number of pyridine rings is 1. The molecule has 2 saturated heterocycles. The van der Waals surface area contributed by atoms with E-state index in [1.807, 2.05) is 11.0 Å². The molecule has 17 heteroatoms. The SMILES string of the molecule is C=CC(=O)NC1(C(=O)N2CCN(Cc3cc4c(N5CCOCC5)nc(-c5cnc(NC(=O)OC)cc5C(F)(F)F)nn4c3)CC2)CCC1. The highest BCUT2D eigenvalue weighted by atomic mass is 19.4. The average Bonchev–Trinajstić information content (AvgIpc) is 3.48. The van der Waals surface area contributed by atoms with Crippen molar-refractivity contribution in [3.05, 3.63) is 48.3 Å². The van der Waals surface area contributed by atoms with Gasteiger partial charge in [0.2, 0.25) is 11.8 Å². The summed E-state index contributed by atoms with van der Waals surface area (Å²) in [5.74, 6) is -0.484. The van der Waals surface area contributed by atoms with E-state index in [4.69, 9.17) is 4.74 Å². The maximum absolute atomic E-state index is 14.3. The number of anilines is 2. The molecule has 14 nitrogen and oxygen atoms in total. The summed E-state index contributed by atoms with van der Waals surface area (Å²) in [6.07, 6.45) is 0.251. The molecule has 2 N–H and O–H groups in total. The van der Waals surface area contributed by atoms with Gasteiger partial charge in [-0.1, -0.05) is 6.58 Å². The molecule has 0 radical (unpaired) electrons. The number of hydrogen-bond acceptors (Lipinski definition) is 10. The Bertz CT molecular complexity index is 1710. The molecule has 5 heterocycles. The van der Waals surface area contributed by atoms with E-state index in [2.05, 4.69) is 41.9 Å². The van der Waals surface area contributed by atoms with Gasteiger partial charge in [0.1, 0.15) is 16.9 Å². The summed E-state index contributed by atoms with van der Waals surface area (Å²) in [6.45, 7) is 8.05. The molecule has 1 saturated carbocycles. The zero-order valence-electron chi connectivity index (χ0n) is 26.4. The van der Waals surface area contributed by atoms with Gasteiger partial charge < -0.3 is 24.6 Å². The van der Waals surface area contributed by atoms with Crippen LogP contribution >= 0.6 is 0 Å². The molecule has 256 valence electrons. The van der Waals surface area contributed by atoms with Crippen LogP contribution in [0.3, 0.4) is 0 Å². The molecule has 0 unspecified atom stereocenters. The molecule has 48 heavy (non-hydrogen) atoms. The summed E-state index contributed by atoms with van der Waals surface area (Å²) >= 11 is 0. The van der Waals surface area contributed by atoms with Crippen LogP contribution in [0.15, 0.2) is 37.2 Å². The number of carbonyl (C=O) groups excluding carboxylic acids is 3. The minimum Gasteiger partial charge on any atom is -0.453 e. The maximum atomic E-state index is 14.3. The molecule has 0 spiro atoms. The number of ether oxygens (including phenoxy) is 2. The summed E-state index contributed by atoms with van der Waals surface area (Å²) in [5, 5.41) is 9.49. The first-order valence-corrected chi connectivity index (χ1v) is 15.6. The van der Waals surface area contributed by atoms with Gasteiger partial charge in [-0.2, -0.15) is 13.2 Å². The number of carbonyl (C=O) groups is 3. The van der Waals surface area contributed by atoms with Gasteiger partial charge >= 0.3 is 12.3 Å². The Balaban J connectivity index is 1.25. The molecular formula is C31H36F3N9O5. The Morgan fingerprint density at radius 2 is 1.83 bits per heavy atom. The third-order valence-corrected chi connectivity index (χ3v) is 8.91. The van der Waals surface area contributed by atoms with E-state index in [1.54, 1.807) is 11.1 Å². The van der Waals surface area contributed by atoms with Crippen LogP contribution in [-0.2, 0) is 31.8 Å². The quantitative estimate of drug-likeness (QED) is 0.343. The monoisotopic (exact) mass is 671 g/mol. The van der Waals surface area contributed by atoms with Gasteiger partial charge in [-0.15, -0.1) is 5.10 Å². The normalized spacial score (nSPS) is 18.2. The summed E-state index contributed by atoms with van der Waals surface area (Å²) in [5.41, 5.74) is -0.780. The van der Waals surface area contributed by atoms with Crippen molar-refractivity contribution in [3.8, 4) is 11.4 Å². The zero-order valence-corrected chi connectivity index (χ0v) is 26.4. The number of nitrogens with zero attached hydrogens (tertiary/aromatic N) is 7. The fraction of sp³-hybridized carbons (Fsp3) is 0.484. The lowest BCUT2D eigenvalue weighted by Crippen LogP contribution is -2.65. The predicted octanol–water partition coefficient (Wildman–Crippen LogP) is 2.69. The minimum atomic E-state index is -4.80. The number of aromatic nitrogens is 4. The van der Waals surface area contributed by atoms with E-state index in [-0.39, 0.29) is 29.0 Å². The van der Waals surface area contributed by atoms with Crippen LogP contribution in [0.1, 0.15) is 30.4 Å². The molecule has 3 aromatic rings. The first-order valence-electron chi connectivity index (χ1n) is 15.6. The van der Waals surface area contributed by atoms with Gasteiger partial charge in [0.15, 0.2) is 11.6 Å². The number of fused-ring (bicyclic) bond motifs is 1. The van der Waals surface area contributed by atoms with Crippen molar-refractivity contribution in [3.63, 3.8) is 0 Å². The summed E-state index contributed by atoms with van der Waals surface area (Å²) in [6, 6.07) is 2.65. The third-order valence-electron chi connectivity index (χ3n) is 8.91. The summed E-state index contributed by atoms with van der Waals surface area (Å²) < 4.78 is 54.4. The van der Waals surface area contributed by atoms with Gasteiger partial charge in [0, 0.05) is 58.2 Å². The molecule has 2 aliphatic heterocycles. The molecule has 0 atom stereocenters. The van der Waals surface area contributed by atoms with Gasteiger partial charge in [-0.25, -0.2) is 19.3 Å². The number of rotatable bonds is 8. The van der Waals surface area contributed by atoms with Gasteiger partial charge in [-0.3, -0.25) is 19.8 Å². The van der Waals surface area contributed by atoms with Crippen LogP contribution in [-0.4, -0.2) is 112 Å².